The molecule has 9 heteroatoms. The summed E-state index contributed by atoms with van der Waals surface area (Å²) in [4.78, 5) is 34.3. The summed E-state index contributed by atoms with van der Waals surface area (Å²) in [5, 5.41) is 5.86. The van der Waals surface area contributed by atoms with E-state index in [9.17, 15) is 14.0 Å². The number of ether oxygens (including phenoxy) is 2. The van der Waals surface area contributed by atoms with E-state index in [1.54, 1.807) is 75.6 Å². The fraction of sp³-hybridized carbons (Fsp3) is 0.226. The van der Waals surface area contributed by atoms with E-state index in [4.69, 9.17) is 9.47 Å². The topological polar surface area (TPSA) is 102 Å². The zero-order valence-electron chi connectivity index (χ0n) is 22.6. The van der Waals surface area contributed by atoms with Crippen LogP contribution in [0.5, 0.6) is 11.5 Å². The van der Waals surface area contributed by atoms with Crippen LogP contribution in [0.3, 0.4) is 0 Å². The van der Waals surface area contributed by atoms with E-state index >= 15 is 0 Å². The average molecular weight is 543 g/mol. The Morgan fingerprint density at radius 1 is 0.925 bits per heavy atom. The molecule has 0 saturated heterocycles. The van der Waals surface area contributed by atoms with Crippen molar-refractivity contribution in [1.82, 2.24) is 15.3 Å². The minimum Gasteiger partial charge on any atom is -0.459 e. The fourth-order valence-electron chi connectivity index (χ4n) is 3.81. The van der Waals surface area contributed by atoms with Gasteiger partial charge in [-0.25, -0.2) is 9.37 Å². The molecule has 40 heavy (non-hydrogen) atoms. The van der Waals surface area contributed by atoms with Crippen LogP contribution in [0, 0.1) is 5.82 Å². The van der Waals surface area contributed by atoms with Gasteiger partial charge in [-0.1, -0.05) is 12.1 Å². The molecule has 0 radical (unpaired) electrons. The van der Waals surface area contributed by atoms with Gasteiger partial charge in [0.05, 0.1) is 18.3 Å². The second-order valence-electron chi connectivity index (χ2n) is 10.1. The van der Waals surface area contributed by atoms with Crippen LogP contribution in [0.2, 0.25) is 0 Å². The number of amides is 1. The van der Waals surface area contributed by atoms with Crippen LogP contribution >= 0.6 is 0 Å². The van der Waals surface area contributed by atoms with Crippen LogP contribution in [0.15, 0.2) is 91.3 Å². The van der Waals surface area contributed by atoms with Crippen molar-refractivity contribution in [2.75, 3.05) is 11.9 Å². The lowest BCUT2D eigenvalue weighted by molar-refractivity contribution is -0.153. The van der Waals surface area contributed by atoms with Gasteiger partial charge in [0.25, 0.3) is 0 Å². The quantitative estimate of drug-likeness (QED) is 0.253. The Bertz CT molecular complexity index is 1420. The Balaban J connectivity index is 1.43. The molecule has 1 atom stereocenters. The first-order valence-corrected chi connectivity index (χ1v) is 12.8. The summed E-state index contributed by atoms with van der Waals surface area (Å²) in [7, 11) is 0. The van der Waals surface area contributed by atoms with E-state index in [-0.39, 0.29) is 18.3 Å². The first-order valence-electron chi connectivity index (χ1n) is 12.8. The Labute approximate surface area is 232 Å². The highest BCUT2D eigenvalue weighted by atomic mass is 19.1. The fourth-order valence-corrected chi connectivity index (χ4v) is 3.81. The molecule has 0 fully saturated rings. The Morgan fingerprint density at radius 2 is 1.62 bits per heavy atom. The maximum Gasteiger partial charge on any atom is 0.320 e. The number of aromatic nitrogens is 2. The lowest BCUT2D eigenvalue weighted by atomic mass is 10.1. The minimum atomic E-state index is -0.731. The Hall–Kier alpha value is -4.63. The van der Waals surface area contributed by atoms with Gasteiger partial charge in [-0.3, -0.25) is 19.9 Å². The molecular weight excluding hydrogens is 511 g/mol. The maximum absolute atomic E-state index is 13.3. The summed E-state index contributed by atoms with van der Waals surface area (Å²) >= 11 is 0. The summed E-state index contributed by atoms with van der Waals surface area (Å²) in [5.74, 6) is 0.350. The number of esters is 1. The zero-order chi connectivity index (χ0) is 28.5. The van der Waals surface area contributed by atoms with E-state index < -0.39 is 17.6 Å². The van der Waals surface area contributed by atoms with Crippen molar-refractivity contribution in [3.8, 4) is 22.8 Å². The molecule has 2 aromatic carbocycles. The molecule has 2 aromatic heterocycles. The molecule has 206 valence electrons. The van der Waals surface area contributed by atoms with E-state index in [1.165, 1.54) is 12.1 Å². The lowest BCUT2D eigenvalue weighted by Crippen LogP contribution is -2.45. The first-order chi connectivity index (χ1) is 19.1. The predicted molar refractivity (Wildman–Crippen MR) is 150 cm³/mol. The molecule has 0 aliphatic heterocycles. The highest BCUT2D eigenvalue weighted by Crippen LogP contribution is 2.26. The summed E-state index contributed by atoms with van der Waals surface area (Å²) in [6, 6.07) is 21.3. The Kier molecular flexibility index (Phi) is 9.19. The van der Waals surface area contributed by atoms with Gasteiger partial charge in [-0.15, -0.1) is 0 Å². The monoisotopic (exact) mass is 542 g/mol. The van der Waals surface area contributed by atoms with Gasteiger partial charge in [0.2, 0.25) is 5.91 Å². The maximum atomic E-state index is 13.3. The molecule has 2 heterocycles. The molecule has 2 N–H and O–H groups in total. The van der Waals surface area contributed by atoms with Gasteiger partial charge in [-0.05, 0) is 99.5 Å². The molecule has 0 bridgehead atoms. The highest BCUT2D eigenvalue weighted by molar-refractivity contribution is 5.94. The lowest BCUT2D eigenvalue weighted by Gasteiger charge is -2.22. The van der Waals surface area contributed by atoms with Crippen molar-refractivity contribution < 1.29 is 23.5 Å². The van der Waals surface area contributed by atoms with Gasteiger partial charge in [-0.2, -0.15) is 0 Å². The number of rotatable bonds is 10. The third-order valence-corrected chi connectivity index (χ3v) is 5.59. The van der Waals surface area contributed by atoms with E-state index in [0.717, 1.165) is 11.1 Å². The molecule has 4 rings (SSSR count). The third kappa shape index (κ3) is 8.71. The molecule has 8 nitrogen and oxygen atoms in total. The van der Waals surface area contributed by atoms with Gasteiger partial charge >= 0.3 is 5.97 Å². The highest BCUT2D eigenvalue weighted by Gasteiger charge is 2.23. The van der Waals surface area contributed by atoms with Gasteiger partial charge in [0, 0.05) is 18.0 Å². The standard InChI is InChI=1S/C31H31FN4O4/c1-31(2,3)40-29(37)20-34-27(18-21-6-5-17-33-19-21)30(38)36-28-8-4-7-26(35-28)22-9-13-24(14-10-22)39-25-15-11-23(32)12-16-25/h4-17,19,27,34H,18,20H2,1-3H3,(H,35,36,38)/t27-/m0/s1. The van der Waals surface area contributed by atoms with Gasteiger partial charge < -0.3 is 14.8 Å². The average Bonchev–Trinajstić information content (AvgIpc) is 2.92. The summed E-state index contributed by atoms with van der Waals surface area (Å²) in [5.41, 5.74) is 1.67. The van der Waals surface area contributed by atoms with E-state index in [1.807, 2.05) is 24.3 Å². The van der Waals surface area contributed by atoms with Crippen molar-refractivity contribution >= 4 is 17.7 Å². The first kappa shape index (κ1) is 28.4. The van der Waals surface area contributed by atoms with Gasteiger partial charge in [0.15, 0.2) is 0 Å². The number of carbonyl (C=O) groups is 2. The normalized spacial score (nSPS) is 11.9. The molecule has 0 spiro atoms. The smallest absolute Gasteiger partial charge is 0.320 e. The summed E-state index contributed by atoms with van der Waals surface area (Å²) in [6.07, 6.45) is 3.65. The van der Waals surface area contributed by atoms with Crippen molar-refractivity contribution in [1.29, 1.82) is 0 Å². The van der Waals surface area contributed by atoms with Crippen molar-refractivity contribution in [2.45, 2.75) is 38.8 Å². The molecule has 1 amide bonds. The van der Waals surface area contributed by atoms with Crippen molar-refractivity contribution in [2.24, 2.45) is 0 Å². The summed E-state index contributed by atoms with van der Waals surface area (Å²) < 4.78 is 24.3. The number of hydrogen-bond acceptors (Lipinski definition) is 7. The number of hydrogen-bond donors (Lipinski definition) is 2. The molecule has 0 saturated carbocycles. The van der Waals surface area contributed by atoms with Crippen LogP contribution in [0.25, 0.3) is 11.3 Å². The predicted octanol–water partition coefficient (Wildman–Crippen LogP) is 5.56. The SMILES string of the molecule is CC(C)(C)OC(=O)CN[C@@H](Cc1cccnc1)C(=O)Nc1cccc(-c2ccc(Oc3ccc(F)cc3)cc2)n1. The number of nitrogens with zero attached hydrogens (tertiary/aromatic N) is 2. The van der Waals surface area contributed by atoms with Crippen LogP contribution in [-0.4, -0.2) is 40.0 Å². The van der Waals surface area contributed by atoms with E-state index in [2.05, 4.69) is 20.6 Å². The van der Waals surface area contributed by atoms with Crippen LogP contribution in [-0.2, 0) is 20.7 Å². The number of anilines is 1. The number of pyridine rings is 2. The van der Waals surface area contributed by atoms with Crippen molar-refractivity contribution in [3.05, 3.63) is 103 Å². The largest absolute Gasteiger partial charge is 0.459 e. The molecule has 0 aliphatic carbocycles. The Morgan fingerprint density at radius 3 is 2.27 bits per heavy atom. The molecule has 0 unspecified atom stereocenters. The number of nitrogens with one attached hydrogen (secondary N) is 2. The second kappa shape index (κ2) is 12.9. The van der Waals surface area contributed by atoms with Crippen molar-refractivity contribution in [3.63, 3.8) is 0 Å². The van der Waals surface area contributed by atoms with Gasteiger partial charge in [0.1, 0.15) is 28.7 Å². The number of carbonyl (C=O) groups excluding carboxylic acids is 2. The van der Waals surface area contributed by atoms with Crippen LogP contribution < -0.4 is 15.4 Å². The summed E-state index contributed by atoms with van der Waals surface area (Å²) in [6.45, 7) is 5.23. The third-order valence-electron chi connectivity index (χ3n) is 5.59. The molecular formula is C31H31FN4O4. The number of halogens is 1. The zero-order valence-corrected chi connectivity index (χ0v) is 22.6. The van der Waals surface area contributed by atoms with E-state index in [0.29, 0.717) is 29.4 Å². The molecule has 4 aromatic rings. The number of benzene rings is 2. The second-order valence-corrected chi connectivity index (χ2v) is 10.1. The van der Waals surface area contributed by atoms with Crippen LogP contribution in [0.4, 0.5) is 10.2 Å². The van der Waals surface area contributed by atoms with Crippen LogP contribution in [0.1, 0.15) is 26.3 Å². The minimum absolute atomic E-state index is 0.130. The molecule has 0 aliphatic rings.